The minimum absolute atomic E-state index is 0.0239. The zero-order chi connectivity index (χ0) is 13.6. The van der Waals surface area contributed by atoms with Crippen LogP contribution in [0.5, 0.6) is 0 Å². The van der Waals surface area contributed by atoms with Crippen LogP contribution in [-0.2, 0) is 9.53 Å². The number of rotatable bonds is 2. The van der Waals surface area contributed by atoms with Crippen LogP contribution in [0.4, 0.5) is 0 Å². The van der Waals surface area contributed by atoms with Crippen LogP contribution in [0.15, 0.2) is 11.2 Å². The van der Waals surface area contributed by atoms with Crippen LogP contribution in [0, 0.1) is 13.8 Å². The van der Waals surface area contributed by atoms with Crippen LogP contribution >= 0.6 is 11.8 Å². The van der Waals surface area contributed by atoms with Gasteiger partial charge in [0, 0.05) is 17.8 Å². The maximum atomic E-state index is 11.6. The van der Waals surface area contributed by atoms with Crippen molar-refractivity contribution in [3.8, 4) is 0 Å². The van der Waals surface area contributed by atoms with Crippen LogP contribution in [0.1, 0.15) is 24.7 Å². The van der Waals surface area contributed by atoms with Gasteiger partial charge in [0.15, 0.2) is 0 Å². The number of fused-ring (bicyclic) bond motifs is 1. The standard InChI is InChI=1S/C12H14N4O2S/c1-6-4-7(2)16-11(13-6)14-12(15-16)19-9-5-8(3)18-10(9)17/h4,8-9H,5H2,1-3H3. The van der Waals surface area contributed by atoms with Gasteiger partial charge in [-0.1, -0.05) is 11.8 Å². The van der Waals surface area contributed by atoms with Crippen molar-refractivity contribution in [2.24, 2.45) is 0 Å². The second-order valence-corrected chi connectivity index (χ2v) is 5.90. The molecule has 3 rings (SSSR count). The summed E-state index contributed by atoms with van der Waals surface area (Å²) in [5, 5.41) is 4.73. The number of ether oxygens (including phenoxy) is 1. The maximum Gasteiger partial charge on any atom is 0.319 e. The van der Waals surface area contributed by atoms with Gasteiger partial charge in [-0.3, -0.25) is 4.79 Å². The van der Waals surface area contributed by atoms with Crippen molar-refractivity contribution in [1.82, 2.24) is 19.6 Å². The highest BCUT2D eigenvalue weighted by Crippen LogP contribution is 2.30. The lowest BCUT2D eigenvalue weighted by Crippen LogP contribution is -2.09. The van der Waals surface area contributed by atoms with E-state index in [4.69, 9.17) is 4.74 Å². The summed E-state index contributed by atoms with van der Waals surface area (Å²) < 4.78 is 6.82. The Kier molecular flexibility index (Phi) is 2.93. The topological polar surface area (TPSA) is 69.4 Å². The Labute approximate surface area is 114 Å². The molecule has 1 saturated heterocycles. The number of esters is 1. The van der Waals surface area contributed by atoms with Gasteiger partial charge in [0.2, 0.25) is 5.16 Å². The monoisotopic (exact) mass is 278 g/mol. The summed E-state index contributed by atoms with van der Waals surface area (Å²) in [5.74, 6) is 0.386. The number of cyclic esters (lactones) is 1. The van der Waals surface area contributed by atoms with Gasteiger partial charge in [0.1, 0.15) is 11.4 Å². The molecule has 6 nitrogen and oxygen atoms in total. The van der Waals surface area contributed by atoms with Crippen molar-refractivity contribution in [2.45, 2.75) is 43.7 Å². The van der Waals surface area contributed by atoms with Gasteiger partial charge < -0.3 is 4.74 Å². The second-order valence-electron chi connectivity index (χ2n) is 4.73. The predicted molar refractivity (Wildman–Crippen MR) is 70.1 cm³/mol. The van der Waals surface area contributed by atoms with E-state index >= 15 is 0 Å². The Morgan fingerprint density at radius 2 is 2.21 bits per heavy atom. The van der Waals surface area contributed by atoms with Crippen LogP contribution < -0.4 is 0 Å². The van der Waals surface area contributed by atoms with Crippen molar-refractivity contribution < 1.29 is 9.53 Å². The predicted octanol–water partition coefficient (Wildman–Crippen LogP) is 1.54. The molecule has 2 aromatic rings. The van der Waals surface area contributed by atoms with E-state index in [0.717, 1.165) is 11.4 Å². The molecule has 0 saturated carbocycles. The number of hydrogen-bond acceptors (Lipinski definition) is 6. The molecule has 1 fully saturated rings. The molecule has 0 spiro atoms. The molecule has 0 N–H and O–H groups in total. The summed E-state index contributed by atoms with van der Waals surface area (Å²) in [7, 11) is 0. The first kappa shape index (κ1) is 12.4. The second kappa shape index (κ2) is 4.48. The molecule has 100 valence electrons. The zero-order valence-electron chi connectivity index (χ0n) is 11.0. The summed E-state index contributed by atoms with van der Waals surface area (Å²) in [5.41, 5.74) is 1.88. The highest BCUT2D eigenvalue weighted by atomic mass is 32.2. The van der Waals surface area contributed by atoms with E-state index in [-0.39, 0.29) is 17.3 Å². The fourth-order valence-corrected chi connectivity index (χ4v) is 3.18. The fourth-order valence-electron chi connectivity index (χ4n) is 2.14. The third-order valence-corrected chi connectivity index (χ3v) is 4.03. The van der Waals surface area contributed by atoms with E-state index in [2.05, 4.69) is 15.1 Å². The van der Waals surface area contributed by atoms with E-state index in [9.17, 15) is 4.79 Å². The van der Waals surface area contributed by atoms with E-state index in [1.165, 1.54) is 11.8 Å². The van der Waals surface area contributed by atoms with E-state index in [1.807, 2.05) is 26.8 Å². The zero-order valence-corrected chi connectivity index (χ0v) is 11.8. The van der Waals surface area contributed by atoms with Gasteiger partial charge in [0.25, 0.3) is 5.78 Å². The molecule has 1 aliphatic heterocycles. The largest absolute Gasteiger partial charge is 0.462 e. The number of aromatic nitrogens is 4. The molecule has 0 aliphatic carbocycles. The van der Waals surface area contributed by atoms with Crippen LogP contribution in [-0.4, -0.2) is 36.9 Å². The summed E-state index contributed by atoms with van der Waals surface area (Å²) in [4.78, 5) is 20.3. The van der Waals surface area contributed by atoms with Crippen LogP contribution in [0.3, 0.4) is 0 Å². The summed E-state index contributed by atoms with van der Waals surface area (Å²) in [6.45, 7) is 5.77. The highest BCUT2D eigenvalue weighted by molar-refractivity contribution is 8.00. The number of carbonyl (C=O) groups is 1. The molecular weight excluding hydrogens is 264 g/mol. The molecule has 1 aliphatic rings. The number of aryl methyl sites for hydroxylation is 2. The van der Waals surface area contributed by atoms with Gasteiger partial charge in [-0.25, -0.2) is 9.50 Å². The molecule has 0 radical (unpaired) electrons. The molecule has 3 heterocycles. The lowest BCUT2D eigenvalue weighted by Gasteiger charge is -1.99. The quantitative estimate of drug-likeness (QED) is 0.776. The molecular formula is C12H14N4O2S. The first-order valence-corrected chi connectivity index (χ1v) is 6.99. The Hall–Kier alpha value is -1.63. The summed E-state index contributed by atoms with van der Waals surface area (Å²) >= 11 is 1.35. The number of nitrogens with zero attached hydrogens (tertiary/aromatic N) is 4. The molecule has 7 heteroatoms. The van der Waals surface area contributed by atoms with E-state index < -0.39 is 0 Å². The van der Waals surface area contributed by atoms with E-state index in [0.29, 0.717) is 17.4 Å². The van der Waals surface area contributed by atoms with Crippen molar-refractivity contribution in [2.75, 3.05) is 0 Å². The number of thioether (sulfide) groups is 1. The smallest absolute Gasteiger partial charge is 0.319 e. The molecule has 2 unspecified atom stereocenters. The Bertz CT molecular complexity index is 654. The van der Waals surface area contributed by atoms with Crippen molar-refractivity contribution >= 4 is 23.5 Å². The van der Waals surface area contributed by atoms with Crippen molar-refractivity contribution in [3.63, 3.8) is 0 Å². The van der Waals surface area contributed by atoms with E-state index in [1.54, 1.807) is 4.52 Å². The van der Waals surface area contributed by atoms with Gasteiger partial charge in [0.05, 0.1) is 0 Å². The summed E-state index contributed by atoms with van der Waals surface area (Å²) in [6, 6.07) is 1.95. The minimum Gasteiger partial charge on any atom is -0.462 e. The Morgan fingerprint density at radius 1 is 1.42 bits per heavy atom. The molecule has 0 aromatic carbocycles. The Balaban J connectivity index is 1.90. The fraction of sp³-hybridized carbons (Fsp3) is 0.500. The van der Waals surface area contributed by atoms with Crippen molar-refractivity contribution in [1.29, 1.82) is 0 Å². The number of carbonyl (C=O) groups excluding carboxylic acids is 1. The SMILES string of the molecule is Cc1cc(C)n2nc(SC3CC(C)OC3=O)nc2n1. The van der Waals surface area contributed by atoms with Crippen molar-refractivity contribution in [3.05, 3.63) is 17.5 Å². The molecule has 0 amide bonds. The molecule has 2 aromatic heterocycles. The summed E-state index contributed by atoms with van der Waals surface area (Å²) in [6.07, 6.45) is 0.675. The number of hydrogen-bond donors (Lipinski definition) is 0. The first-order chi connectivity index (χ1) is 9.02. The lowest BCUT2D eigenvalue weighted by atomic mass is 10.3. The average molecular weight is 278 g/mol. The normalized spacial score (nSPS) is 23.0. The third kappa shape index (κ3) is 2.30. The molecule has 0 bridgehead atoms. The first-order valence-electron chi connectivity index (χ1n) is 6.11. The molecule has 19 heavy (non-hydrogen) atoms. The van der Waals surface area contributed by atoms with Gasteiger partial charge in [-0.15, -0.1) is 5.10 Å². The van der Waals surface area contributed by atoms with Gasteiger partial charge in [-0.05, 0) is 26.8 Å². The third-order valence-electron chi connectivity index (χ3n) is 2.97. The highest BCUT2D eigenvalue weighted by Gasteiger charge is 2.33. The van der Waals surface area contributed by atoms with Gasteiger partial charge >= 0.3 is 5.97 Å². The average Bonchev–Trinajstić information content (AvgIpc) is 2.83. The Morgan fingerprint density at radius 3 is 2.89 bits per heavy atom. The lowest BCUT2D eigenvalue weighted by molar-refractivity contribution is -0.140. The minimum atomic E-state index is -0.214. The maximum absolute atomic E-state index is 11.6. The van der Waals surface area contributed by atoms with Crippen LogP contribution in [0.25, 0.3) is 5.78 Å². The van der Waals surface area contributed by atoms with Crippen LogP contribution in [0.2, 0.25) is 0 Å². The van der Waals surface area contributed by atoms with Gasteiger partial charge in [-0.2, -0.15) is 4.98 Å². The molecule has 2 atom stereocenters.